The van der Waals surface area contributed by atoms with Crippen molar-refractivity contribution in [3.8, 4) is 27.6 Å². The molecule has 5 nitrogen and oxygen atoms in total. The van der Waals surface area contributed by atoms with Gasteiger partial charge in [0.05, 0.1) is 28.0 Å². The predicted octanol–water partition coefficient (Wildman–Crippen LogP) is 7.79. The molecule has 164 valence electrons. The Morgan fingerprint density at radius 1 is 1.03 bits per heavy atom. The Balaban J connectivity index is 1.44. The smallest absolute Gasteiger partial charge is 0.291 e. The molecular formula is C25H16Cl2N2O3S. The largest absolute Gasteiger partial charge is 0.495 e. The number of furan rings is 1. The number of aromatic nitrogens is 1. The molecule has 0 spiro atoms. The Morgan fingerprint density at radius 3 is 2.70 bits per heavy atom. The second-order valence-corrected chi connectivity index (χ2v) is 9.02. The average molecular weight is 495 g/mol. The van der Waals surface area contributed by atoms with Crippen molar-refractivity contribution in [3.63, 3.8) is 0 Å². The van der Waals surface area contributed by atoms with E-state index < -0.39 is 5.91 Å². The van der Waals surface area contributed by atoms with Gasteiger partial charge in [0.2, 0.25) is 0 Å². The van der Waals surface area contributed by atoms with Gasteiger partial charge in [-0.1, -0.05) is 35.3 Å². The molecule has 0 aliphatic rings. The van der Waals surface area contributed by atoms with Crippen molar-refractivity contribution in [2.75, 3.05) is 12.4 Å². The van der Waals surface area contributed by atoms with E-state index in [1.165, 1.54) is 0 Å². The molecule has 3 aromatic carbocycles. The van der Waals surface area contributed by atoms with Gasteiger partial charge in [-0.2, -0.15) is 0 Å². The van der Waals surface area contributed by atoms with Gasteiger partial charge in [-0.25, -0.2) is 4.98 Å². The van der Waals surface area contributed by atoms with E-state index in [-0.39, 0.29) is 5.76 Å². The van der Waals surface area contributed by atoms with Gasteiger partial charge in [-0.05, 0) is 60.7 Å². The number of methoxy groups -OCH3 is 1. The van der Waals surface area contributed by atoms with Crippen molar-refractivity contribution >= 4 is 56.3 Å². The highest BCUT2D eigenvalue weighted by atomic mass is 35.5. The summed E-state index contributed by atoms with van der Waals surface area (Å²) in [5.74, 6) is 0.688. The molecule has 1 amide bonds. The first-order valence-corrected chi connectivity index (χ1v) is 11.5. The number of nitrogens with one attached hydrogen (secondary N) is 1. The lowest BCUT2D eigenvalue weighted by Crippen LogP contribution is -2.11. The van der Waals surface area contributed by atoms with Crippen LogP contribution in [0.2, 0.25) is 10.0 Å². The summed E-state index contributed by atoms with van der Waals surface area (Å²) in [4.78, 5) is 17.6. The summed E-state index contributed by atoms with van der Waals surface area (Å²) in [6, 6.07) is 21.8. The van der Waals surface area contributed by atoms with E-state index in [0.29, 0.717) is 32.8 Å². The highest BCUT2D eigenvalue weighted by Gasteiger charge is 2.17. The quantitative estimate of drug-likeness (QED) is 0.270. The predicted molar refractivity (Wildman–Crippen MR) is 134 cm³/mol. The summed E-state index contributed by atoms with van der Waals surface area (Å²) in [5.41, 5.74) is 2.93. The Kier molecular flexibility index (Phi) is 5.81. The fraction of sp³-hybridized carbons (Fsp3) is 0.0400. The zero-order valence-electron chi connectivity index (χ0n) is 17.3. The lowest BCUT2D eigenvalue weighted by Gasteiger charge is -2.10. The first-order chi connectivity index (χ1) is 16.0. The summed E-state index contributed by atoms with van der Waals surface area (Å²) in [6.45, 7) is 0. The maximum atomic E-state index is 12.9. The van der Waals surface area contributed by atoms with E-state index in [4.69, 9.17) is 37.3 Å². The van der Waals surface area contributed by atoms with Gasteiger partial charge in [0.25, 0.3) is 5.91 Å². The molecule has 8 heteroatoms. The van der Waals surface area contributed by atoms with Crippen LogP contribution in [-0.2, 0) is 0 Å². The molecule has 0 bridgehead atoms. The minimum atomic E-state index is -0.417. The first-order valence-electron chi connectivity index (χ1n) is 9.92. The number of para-hydroxylation sites is 1. The zero-order valence-corrected chi connectivity index (χ0v) is 19.6. The molecule has 0 aliphatic heterocycles. The number of rotatable bonds is 5. The van der Waals surface area contributed by atoms with Crippen molar-refractivity contribution < 1.29 is 13.9 Å². The second kappa shape index (κ2) is 8.90. The third kappa shape index (κ3) is 4.33. The molecule has 33 heavy (non-hydrogen) atoms. The zero-order chi connectivity index (χ0) is 22.9. The summed E-state index contributed by atoms with van der Waals surface area (Å²) in [6.07, 6.45) is 0. The number of anilines is 1. The molecular weight excluding hydrogens is 479 g/mol. The van der Waals surface area contributed by atoms with Crippen LogP contribution in [0.15, 0.2) is 77.2 Å². The Bertz CT molecular complexity index is 1460. The fourth-order valence-corrected chi connectivity index (χ4v) is 4.75. The van der Waals surface area contributed by atoms with Crippen LogP contribution in [0, 0.1) is 0 Å². The molecule has 0 saturated carbocycles. The lowest BCUT2D eigenvalue weighted by molar-refractivity contribution is 0.0997. The molecule has 2 aromatic heterocycles. The number of ether oxygens (including phenoxy) is 1. The van der Waals surface area contributed by atoms with Crippen molar-refractivity contribution in [1.29, 1.82) is 0 Å². The molecule has 5 rings (SSSR count). The van der Waals surface area contributed by atoms with Crippen molar-refractivity contribution in [2.45, 2.75) is 0 Å². The van der Waals surface area contributed by atoms with Crippen molar-refractivity contribution in [1.82, 2.24) is 4.98 Å². The summed E-state index contributed by atoms with van der Waals surface area (Å²) in [5, 5.41) is 4.72. The van der Waals surface area contributed by atoms with Gasteiger partial charge in [0.1, 0.15) is 16.5 Å². The number of fused-ring (bicyclic) bond motifs is 1. The van der Waals surface area contributed by atoms with Gasteiger partial charge in [0, 0.05) is 16.1 Å². The highest BCUT2D eigenvalue weighted by molar-refractivity contribution is 7.21. The Labute approximate surface area is 203 Å². The third-order valence-corrected chi connectivity index (χ3v) is 6.66. The third-order valence-electron chi connectivity index (χ3n) is 5.01. The second-order valence-electron chi connectivity index (χ2n) is 7.14. The van der Waals surface area contributed by atoms with Gasteiger partial charge >= 0.3 is 0 Å². The number of benzene rings is 3. The van der Waals surface area contributed by atoms with Crippen LogP contribution >= 0.6 is 34.5 Å². The summed E-state index contributed by atoms with van der Waals surface area (Å²) in [7, 11) is 1.55. The normalized spacial score (nSPS) is 11.0. The van der Waals surface area contributed by atoms with Gasteiger partial charge in [-0.3, -0.25) is 4.79 Å². The molecule has 0 fully saturated rings. The van der Waals surface area contributed by atoms with Crippen LogP contribution in [0.25, 0.3) is 32.1 Å². The number of hydrogen-bond donors (Lipinski definition) is 1. The summed E-state index contributed by atoms with van der Waals surface area (Å²) >= 11 is 13.9. The number of carbonyl (C=O) groups is 1. The van der Waals surface area contributed by atoms with E-state index in [1.54, 1.807) is 54.8 Å². The molecule has 0 radical (unpaired) electrons. The first kappa shape index (κ1) is 21.5. The number of carbonyl (C=O) groups excluding carboxylic acids is 1. The molecule has 5 aromatic rings. The Morgan fingerprint density at radius 2 is 1.88 bits per heavy atom. The topological polar surface area (TPSA) is 64.4 Å². The number of amides is 1. The van der Waals surface area contributed by atoms with Gasteiger partial charge in [-0.15, -0.1) is 11.3 Å². The van der Waals surface area contributed by atoms with Crippen LogP contribution < -0.4 is 10.1 Å². The molecule has 2 heterocycles. The van der Waals surface area contributed by atoms with E-state index in [0.717, 1.165) is 20.8 Å². The van der Waals surface area contributed by atoms with Crippen LogP contribution in [0.3, 0.4) is 0 Å². The maximum absolute atomic E-state index is 12.9. The minimum Gasteiger partial charge on any atom is -0.495 e. The number of nitrogens with zero attached hydrogens (tertiary/aromatic N) is 1. The van der Waals surface area contributed by atoms with Crippen LogP contribution in [0.4, 0.5) is 5.69 Å². The lowest BCUT2D eigenvalue weighted by atomic mass is 10.2. The molecule has 0 saturated heterocycles. The highest BCUT2D eigenvalue weighted by Crippen LogP contribution is 2.36. The minimum absolute atomic E-state index is 0.133. The molecule has 0 unspecified atom stereocenters. The van der Waals surface area contributed by atoms with Crippen molar-refractivity contribution in [3.05, 3.63) is 88.6 Å². The van der Waals surface area contributed by atoms with Crippen LogP contribution in [-0.4, -0.2) is 18.0 Å². The number of halogens is 2. The van der Waals surface area contributed by atoms with Crippen LogP contribution in [0.5, 0.6) is 5.75 Å². The molecule has 0 atom stereocenters. The molecule has 0 aliphatic carbocycles. The monoisotopic (exact) mass is 494 g/mol. The number of hydrogen-bond acceptors (Lipinski definition) is 5. The number of thiazole rings is 1. The standard InChI is InChI=1S/C25H16Cl2N2O3S/c1-31-21-9-6-14(25-29-18-4-2-3-5-23(18)33-25)12-19(21)28-24(30)22-11-10-20(32-22)16-13-15(26)7-8-17(16)27/h2-13H,1H3,(H,28,30). The van der Waals surface area contributed by atoms with E-state index >= 15 is 0 Å². The van der Waals surface area contributed by atoms with E-state index in [9.17, 15) is 4.79 Å². The summed E-state index contributed by atoms with van der Waals surface area (Å²) < 4.78 is 12.3. The molecule has 1 N–H and O–H groups in total. The average Bonchev–Trinajstić information content (AvgIpc) is 3.48. The van der Waals surface area contributed by atoms with Gasteiger partial charge in [0.15, 0.2) is 5.76 Å². The Hall–Kier alpha value is -3.32. The fourth-order valence-electron chi connectivity index (χ4n) is 3.41. The SMILES string of the molecule is COc1ccc(-c2nc3ccccc3s2)cc1NC(=O)c1ccc(-c2cc(Cl)ccc2Cl)o1. The van der Waals surface area contributed by atoms with E-state index in [2.05, 4.69) is 5.32 Å². The van der Waals surface area contributed by atoms with Crippen LogP contribution in [0.1, 0.15) is 10.6 Å². The maximum Gasteiger partial charge on any atom is 0.291 e. The van der Waals surface area contributed by atoms with Crippen molar-refractivity contribution in [2.24, 2.45) is 0 Å². The van der Waals surface area contributed by atoms with Gasteiger partial charge < -0.3 is 14.5 Å². The van der Waals surface area contributed by atoms with E-state index in [1.807, 2.05) is 36.4 Å².